The van der Waals surface area contributed by atoms with Gasteiger partial charge in [0.15, 0.2) is 5.69 Å². The molecule has 0 saturated carbocycles. The Kier molecular flexibility index (Phi) is 2.24. The standard InChI is InChI=1S/C5HF4NO2S/c6-4-10-2(5(7,8)9)1(13-4)3(11)12/h(H,11,12). The molecular weight excluding hydrogens is 214 g/mol. The van der Waals surface area contributed by atoms with E-state index in [0.29, 0.717) is 0 Å². The molecule has 0 aliphatic carbocycles. The highest BCUT2D eigenvalue weighted by Gasteiger charge is 2.39. The van der Waals surface area contributed by atoms with Crippen molar-refractivity contribution in [3.8, 4) is 0 Å². The third-order valence-corrected chi connectivity index (χ3v) is 1.90. The quantitative estimate of drug-likeness (QED) is 0.729. The zero-order valence-electron chi connectivity index (χ0n) is 5.72. The second kappa shape index (κ2) is 2.95. The number of hydrogen-bond acceptors (Lipinski definition) is 3. The van der Waals surface area contributed by atoms with Crippen molar-refractivity contribution < 1.29 is 27.5 Å². The summed E-state index contributed by atoms with van der Waals surface area (Å²) in [6, 6.07) is 0. The van der Waals surface area contributed by atoms with Crippen molar-refractivity contribution in [2.24, 2.45) is 0 Å². The number of carboxylic acids is 1. The summed E-state index contributed by atoms with van der Waals surface area (Å²) in [7, 11) is 0. The van der Waals surface area contributed by atoms with Gasteiger partial charge in [0.25, 0.3) is 5.26 Å². The van der Waals surface area contributed by atoms with Crippen LogP contribution in [0.25, 0.3) is 0 Å². The van der Waals surface area contributed by atoms with Gasteiger partial charge in [-0.25, -0.2) is 9.78 Å². The summed E-state index contributed by atoms with van der Waals surface area (Å²) < 4.78 is 48.0. The number of thiazole rings is 1. The van der Waals surface area contributed by atoms with Crippen LogP contribution in [0.5, 0.6) is 0 Å². The number of rotatable bonds is 1. The molecule has 0 atom stereocenters. The molecule has 0 spiro atoms. The van der Waals surface area contributed by atoms with Crippen LogP contribution in [0.1, 0.15) is 15.4 Å². The minimum Gasteiger partial charge on any atom is -0.477 e. The van der Waals surface area contributed by atoms with Crippen LogP contribution in [0.2, 0.25) is 0 Å². The number of nitrogens with zero attached hydrogens (tertiary/aromatic N) is 1. The van der Waals surface area contributed by atoms with E-state index in [1.807, 2.05) is 0 Å². The first-order valence-corrected chi connectivity index (χ1v) is 3.61. The predicted molar refractivity (Wildman–Crippen MR) is 34.0 cm³/mol. The highest BCUT2D eigenvalue weighted by Crippen LogP contribution is 2.33. The largest absolute Gasteiger partial charge is 0.477 e. The monoisotopic (exact) mass is 215 g/mol. The minimum atomic E-state index is -4.94. The van der Waals surface area contributed by atoms with Crippen molar-refractivity contribution in [2.75, 3.05) is 0 Å². The van der Waals surface area contributed by atoms with E-state index in [1.54, 1.807) is 0 Å². The first kappa shape index (κ1) is 9.90. The van der Waals surface area contributed by atoms with Crippen LogP contribution in [0, 0.1) is 5.26 Å². The van der Waals surface area contributed by atoms with Crippen LogP contribution in [0.4, 0.5) is 17.6 Å². The Morgan fingerprint density at radius 3 is 2.31 bits per heavy atom. The molecule has 0 amide bonds. The molecule has 1 rings (SSSR count). The lowest BCUT2D eigenvalue weighted by atomic mass is 10.3. The van der Waals surface area contributed by atoms with E-state index in [4.69, 9.17) is 5.11 Å². The molecule has 1 aromatic heterocycles. The van der Waals surface area contributed by atoms with Gasteiger partial charge in [-0.2, -0.15) is 17.6 Å². The average Bonchev–Trinajstić information content (AvgIpc) is 2.29. The molecule has 1 heterocycles. The zero-order valence-corrected chi connectivity index (χ0v) is 6.54. The Labute approximate surface area is 72.6 Å². The van der Waals surface area contributed by atoms with E-state index < -0.39 is 28.0 Å². The van der Waals surface area contributed by atoms with E-state index in [1.165, 1.54) is 0 Å². The van der Waals surface area contributed by atoms with E-state index in [-0.39, 0.29) is 11.3 Å². The molecule has 0 saturated heterocycles. The smallest absolute Gasteiger partial charge is 0.435 e. The molecule has 8 heteroatoms. The number of hydrogen-bond donors (Lipinski definition) is 1. The third-order valence-electron chi connectivity index (χ3n) is 1.06. The summed E-state index contributed by atoms with van der Waals surface area (Å²) in [5.41, 5.74) is -1.69. The molecule has 72 valence electrons. The number of halogens is 4. The van der Waals surface area contributed by atoms with Gasteiger partial charge in [0, 0.05) is 0 Å². The van der Waals surface area contributed by atoms with Gasteiger partial charge in [0.1, 0.15) is 4.88 Å². The van der Waals surface area contributed by atoms with Crippen LogP contribution in [-0.2, 0) is 6.18 Å². The Bertz CT molecular complexity index is 345. The van der Waals surface area contributed by atoms with Crippen LogP contribution >= 0.6 is 11.3 Å². The van der Waals surface area contributed by atoms with Crippen molar-refractivity contribution in [2.45, 2.75) is 6.18 Å². The summed E-state index contributed by atoms with van der Waals surface area (Å²) in [4.78, 5) is 11.5. The number of aromatic nitrogens is 1. The average molecular weight is 215 g/mol. The zero-order chi connectivity index (χ0) is 10.2. The van der Waals surface area contributed by atoms with Crippen LogP contribution < -0.4 is 0 Å². The van der Waals surface area contributed by atoms with Crippen molar-refractivity contribution in [1.29, 1.82) is 0 Å². The first-order valence-electron chi connectivity index (χ1n) is 2.79. The maximum atomic E-state index is 12.2. The minimum absolute atomic E-state index is 0.148. The molecule has 13 heavy (non-hydrogen) atoms. The molecule has 0 unspecified atom stereocenters. The Balaban J connectivity index is 3.28. The lowest BCUT2D eigenvalue weighted by Gasteiger charge is -2.01. The van der Waals surface area contributed by atoms with Gasteiger partial charge < -0.3 is 5.11 Å². The van der Waals surface area contributed by atoms with E-state index in [9.17, 15) is 22.4 Å². The highest BCUT2D eigenvalue weighted by molar-refractivity contribution is 7.12. The summed E-state index contributed by atoms with van der Waals surface area (Å²) >= 11 is -0.148. The van der Waals surface area contributed by atoms with Crippen LogP contribution in [0.3, 0.4) is 0 Å². The van der Waals surface area contributed by atoms with Gasteiger partial charge in [0.2, 0.25) is 0 Å². The van der Waals surface area contributed by atoms with Gasteiger partial charge in [-0.1, -0.05) is 11.3 Å². The first-order chi connectivity index (χ1) is 5.82. The summed E-state index contributed by atoms with van der Waals surface area (Å²) in [6.45, 7) is 0. The van der Waals surface area contributed by atoms with Crippen molar-refractivity contribution in [3.05, 3.63) is 15.8 Å². The maximum Gasteiger partial charge on any atom is 0.435 e. The van der Waals surface area contributed by atoms with Crippen molar-refractivity contribution in [3.63, 3.8) is 0 Å². The van der Waals surface area contributed by atoms with E-state index >= 15 is 0 Å². The molecule has 0 aliphatic heterocycles. The molecule has 0 aliphatic rings. The van der Waals surface area contributed by atoms with Gasteiger partial charge in [-0.15, -0.1) is 0 Å². The molecule has 0 fully saturated rings. The fourth-order valence-corrected chi connectivity index (χ4v) is 1.28. The van der Waals surface area contributed by atoms with Crippen LogP contribution in [0.15, 0.2) is 0 Å². The van der Waals surface area contributed by atoms with Crippen molar-refractivity contribution >= 4 is 17.3 Å². The summed E-state index contributed by atoms with van der Waals surface area (Å²) in [5.74, 6) is -1.84. The number of carbonyl (C=O) groups is 1. The topological polar surface area (TPSA) is 50.2 Å². The molecule has 0 aromatic carbocycles. The van der Waals surface area contributed by atoms with Crippen molar-refractivity contribution in [1.82, 2.24) is 4.98 Å². The summed E-state index contributed by atoms with van der Waals surface area (Å²) in [6.07, 6.45) is -4.94. The Hall–Kier alpha value is -1.18. The second-order valence-corrected chi connectivity index (χ2v) is 2.90. The van der Waals surface area contributed by atoms with Gasteiger partial charge in [-0.05, 0) is 0 Å². The van der Waals surface area contributed by atoms with Gasteiger partial charge in [0.05, 0.1) is 0 Å². The Morgan fingerprint density at radius 2 is 2.00 bits per heavy atom. The van der Waals surface area contributed by atoms with Gasteiger partial charge in [-0.3, -0.25) is 0 Å². The number of carboxylic acid groups (broad SMARTS) is 1. The second-order valence-electron chi connectivity index (χ2n) is 1.95. The maximum absolute atomic E-state index is 12.2. The van der Waals surface area contributed by atoms with E-state index in [0.717, 1.165) is 0 Å². The molecular formula is C5HF4NO2S. The molecule has 3 nitrogen and oxygen atoms in total. The summed E-state index contributed by atoms with van der Waals surface area (Å²) in [5, 5.41) is 6.83. The third kappa shape index (κ3) is 1.94. The fourth-order valence-electron chi connectivity index (χ4n) is 0.631. The molecule has 1 aromatic rings. The number of alkyl halides is 3. The predicted octanol–water partition coefficient (Wildman–Crippen LogP) is 2.00. The Morgan fingerprint density at radius 1 is 1.46 bits per heavy atom. The molecule has 1 N–H and O–H groups in total. The molecule has 0 bridgehead atoms. The number of aromatic carboxylic acids is 1. The SMILES string of the molecule is O=C(O)c1sc(F)nc1C(F)(F)F. The normalized spacial score (nSPS) is 11.7. The van der Waals surface area contributed by atoms with E-state index in [2.05, 4.69) is 4.98 Å². The molecule has 0 radical (unpaired) electrons. The lowest BCUT2D eigenvalue weighted by Crippen LogP contribution is -2.11. The van der Waals surface area contributed by atoms with Gasteiger partial charge >= 0.3 is 12.1 Å². The highest BCUT2D eigenvalue weighted by atomic mass is 32.1. The lowest BCUT2D eigenvalue weighted by molar-refractivity contribution is -0.141. The fraction of sp³-hybridized carbons (Fsp3) is 0.200. The van der Waals surface area contributed by atoms with Crippen LogP contribution in [-0.4, -0.2) is 16.1 Å².